The summed E-state index contributed by atoms with van der Waals surface area (Å²) in [5, 5.41) is 0. The average molecular weight is 493 g/mol. The minimum absolute atomic E-state index is 0.0613. The Morgan fingerprint density at radius 1 is 1.20 bits per heavy atom. The molecule has 2 aliphatic rings. The van der Waals surface area contributed by atoms with Crippen molar-refractivity contribution >= 4 is 49.2 Å². The number of halogens is 1. The third kappa shape index (κ3) is 4.09. The van der Waals surface area contributed by atoms with Crippen molar-refractivity contribution < 1.29 is 22.7 Å². The molecule has 2 aromatic rings. The van der Waals surface area contributed by atoms with Gasteiger partial charge in [0.1, 0.15) is 4.90 Å². The molecule has 1 N–H and O–H groups in total. The molecule has 0 unspecified atom stereocenters. The molecule has 1 aliphatic carbocycles. The highest BCUT2D eigenvalue weighted by molar-refractivity contribution is 9.10. The molecule has 30 heavy (non-hydrogen) atoms. The maximum absolute atomic E-state index is 13.0. The second-order valence-corrected chi connectivity index (χ2v) is 9.83. The Hall–Kier alpha value is -2.39. The van der Waals surface area contributed by atoms with Crippen LogP contribution in [0.3, 0.4) is 0 Å². The summed E-state index contributed by atoms with van der Waals surface area (Å²) in [6.07, 6.45) is 2.50. The maximum Gasteiger partial charge on any atom is 0.338 e. The summed E-state index contributed by atoms with van der Waals surface area (Å²) in [6.45, 7) is 2.55. The topological polar surface area (TPSA) is 92.8 Å². The van der Waals surface area contributed by atoms with Crippen molar-refractivity contribution in [3.63, 3.8) is 0 Å². The van der Waals surface area contributed by atoms with Crippen LogP contribution < -0.4 is 9.62 Å². The van der Waals surface area contributed by atoms with E-state index in [9.17, 15) is 18.0 Å². The summed E-state index contributed by atoms with van der Waals surface area (Å²) in [4.78, 5) is 26.1. The van der Waals surface area contributed by atoms with Crippen LogP contribution in [0.15, 0.2) is 45.8 Å². The molecule has 1 aliphatic heterocycles. The van der Waals surface area contributed by atoms with Gasteiger partial charge in [-0.1, -0.05) is 0 Å². The van der Waals surface area contributed by atoms with E-state index in [4.69, 9.17) is 4.74 Å². The Labute approximate surface area is 183 Å². The van der Waals surface area contributed by atoms with E-state index in [1.54, 1.807) is 24.0 Å². The van der Waals surface area contributed by atoms with Crippen LogP contribution in [0.2, 0.25) is 0 Å². The molecule has 2 aromatic carbocycles. The quantitative estimate of drug-likeness (QED) is 0.620. The van der Waals surface area contributed by atoms with Gasteiger partial charge in [0.25, 0.3) is 10.0 Å². The van der Waals surface area contributed by atoms with Crippen LogP contribution in [0.4, 0.5) is 11.4 Å². The highest BCUT2D eigenvalue weighted by Crippen LogP contribution is 2.39. The molecule has 158 valence electrons. The summed E-state index contributed by atoms with van der Waals surface area (Å²) < 4.78 is 34.0. The average Bonchev–Trinajstić information content (AvgIpc) is 3.47. The number of anilines is 2. The zero-order valence-corrected chi connectivity index (χ0v) is 18.8. The predicted molar refractivity (Wildman–Crippen MR) is 116 cm³/mol. The number of carbonyl (C=O) groups is 2. The summed E-state index contributed by atoms with van der Waals surface area (Å²) >= 11 is 3.36. The van der Waals surface area contributed by atoms with Gasteiger partial charge < -0.3 is 9.64 Å². The fraction of sp³-hybridized carbons (Fsp3) is 0.333. The van der Waals surface area contributed by atoms with Crippen LogP contribution in [-0.2, 0) is 26.0 Å². The minimum atomic E-state index is -3.91. The number of benzene rings is 2. The molecule has 0 atom stereocenters. The van der Waals surface area contributed by atoms with Crippen molar-refractivity contribution in [2.24, 2.45) is 5.92 Å². The van der Waals surface area contributed by atoms with Gasteiger partial charge in [-0.15, -0.1) is 0 Å². The predicted octanol–water partition coefficient (Wildman–Crippen LogP) is 3.73. The van der Waals surface area contributed by atoms with Gasteiger partial charge in [0, 0.05) is 28.3 Å². The number of rotatable bonds is 6. The molecular formula is C21H21BrN2O5S. The van der Waals surface area contributed by atoms with E-state index in [1.807, 2.05) is 0 Å². The Morgan fingerprint density at radius 2 is 1.90 bits per heavy atom. The molecule has 9 heteroatoms. The lowest BCUT2D eigenvalue weighted by atomic mass is 10.2. The number of hydrogen-bond donors (Lipinski definition) is 1. The van der Waals surface area contributed by atoms with E-state index < -0.39 is 16.0 Å². The number of amides is 1. The summed E-state index contributed by atoms with van der Waals surface area (Å²) in [7, 11) is -3.91. The zero-order valence-electron chi connectivity index (χ0n) is 16.4. The first kappa shape index (κ1) is 20.9. The molecule has 0 aromatic heterocycles. The van der Waals surface area contributed by atoms with Gasteiger partial charge >= 0.3 is 5.97 Å². The molecule has 1 saturated carbocycles. The minimum Gasteiger partial charge on any atom is -0.462 e. The van der Waals surface area contributed by atoms with E-state index >= 15 is 0 Å². The molecule has 0 spiro atoms. The van der Waals surface area contributed by atoms with Crippen molar-refractivity contribution in [3.8, 4) is 0 Å². The SMILES string of the molecule is CCOC(=O)c1ccc(NS(=O)(=O)c2cc3c(cc2Br)CCN3C(=O)C2CC2)cc1. The molecule has 0 radical (unpaired) electrons. The van der Waals surface area contributed by atoms with Gasteiger partial charge in [-0.05, 0) is 84.1 Å². The molecule has 1 heterocycles. The Bertz CT molecular complexity index is 1110. The van der Waals surface area contributed by atoms with Crippen molar-refractivity contribution in [2.45, 2.75) is 31.1 Å². The highest BCUT2D eigenvalue weighted by Gasteiger charge is 2.37. The fourth-order valence-electron chi connectivity index (χ4n) is 3.47. The van der Waals surface area contributed by atoms with Crippen LogP contribution in [0, 0.1) is 5.92 Å². The van der Waals surface area contributed by atoms with Crippen LogP contribution in [0.25, 0.3) is 0 Å². The molecule has 0 bridgehead atoms. The fourth-order valence-corrected chi connectivity index (χ4v) is 5.64. The van der Waals surface area contributed by atoms with E-state index in [2.05, 4.69) is 20.7 Å². The van der Waals surface area contributed by atoms with E-state index in [1.165, 1.54) is 24.3 Å². The first-order chi connectivity index (χ1) is 14.3. The maximum atomic E-state index is 13.0. The Balaban J connectivity index is 1.59. The summed E-state index contributed by atoms with van der Waals surface area (Å²) in [6, 6.07) is 9.35. The largest absolute Gasteiger partial charge is 0.462 e. The number of fused-ring (bicyclic) bond motifs is 1. The molecule has 1 fully saturated rings. The van der Waals surface area contributed by atoms with Crippen molar-refractivity contribution in [1.29, 1.82) is 0 Å². The van der Waals surface area contributed by atoms with Crippen LogP contribution >= 0.6 is 15.9 Å². The number of ether oxygens (including phenoxy) is 1. The van der Waals surface area contributed by atoms with Crippen LogP contribution in [0.1, 0.15) is 35.7 Å². The Kier molecular flexibility index (Phi) is 5.59. The third-order valence-corrected chi connectivity index (χ3v) is 7.50. The monoisotopic (exact) mass is 492 g/mol. The molecular weight excluding hydrogens is 472 g/mol. The molecule has 7 nitrogen and oxygen atoms in total. The number of hydrogen-bond acceptors (Lipinski definition) is 5. The van der Waals surface area contributed by atoms with E-state index in [0.717, 1.165) is 18.4 Å². The lowest BCUT2D eigenvalue weighted by Gasteiger charge is -2.19. The first-order valence-corrected chi connectivity index (χ1v) is 12.0. The smallest absolute Gasteiger partial charge is 0.338 e. The van der Waals surface area contributed by atoms with Crippen LogP contribution in [-0.4, -0.2) is 33.4 Å². The molecule has 1 amide bonds. The van der Waals surface area contributed by atoms with Gasteiger partial charge in [-0.3, -0.25) is 9.52 Å². The number of nitrogens with zero attached hydrogens (tertiary/aromatic N) is 1. The number of sulfonamides is 1. The highest BCUT2D eigenvalue weighted by atomic mass is 79.9. The van der Waals surface area contributed by atoms with Gasteiger partial charge in [-0.2, -0.15) is 0 Å². The van der Waals surface area contributed by atoms with Gasteiger partial charge in [0.15, 0.2) is 0 Å². The second kappa shape index (κ2) is 8.03. The van der Waals surface area contributed by atoms with Crippen molar-refractivity contribution in [2.75, 3.05) is 22.8 Å². The number of carbonyl (C=O) groups excluding carboxylic acids is 2. The lowest BCUT2D eigenvalue weighted by molar-refractivity contribution is -0.119. The number of nitrogens with one attached hydrogen (secondary N) is 1. The molecule has 0 saturated heterocycles. The first-order valence-electron chi connectivity index (χ1n) is 9.74. The second-order valence-electron chi connectivity index (χ2n) is 7.33. The standard InChI is InChI=1S/C21H21BrN2O5S/c1-2-29-21(26)14-5-7-16(8-6-14)23-30(27,28)19-12-18-15(11-17(19)22)9-10-24(18)20(25)13-3-4-13/h5-8,11-13,23H,2-4,9-10H2,1H3. The van der Waals surface area contributed by atoms with Gasteiger partial charge in [0.05, 0.1) is 12.2 Å². The summed E-state index contributed by atoms with van der Waals surface area (Å²) in [5.74, 6) is -0.327. The lowest BCUT2D eigenvalue weighted by Crippen LogP contribution is -2.30. The van der Waals surface area contributed by atoms with Crippen molar-refractivity contribution in [1.82, 2.24) is 0 Å². The summed E-state index contributed by atoms with van der Waals surface area (Å²) in [5.41, 5.74) is 2.27. The van der Waals surface area contributed by atoms with Crippen molar-refractivity contribution in [3.05, 3.63) is 52.0 Å². The van der Waals surface area contributed by atoms with E-state index in [0.29, 0.717) is 34.4 Å². The Morgan fingerprint density at radius 3 is 2.53 bits per heavy atom. The van der Waals surface area contributed by atoms with Gasteiger partial charge in [-0.25, -0.2) is 13.2 Å². The molecule has 4 rings (SSSR count). The van der Waals surface area contributed by atoms with Gasteiger partial charge in [0.2, 0.25) is 5.91 Å². The zero-order chi connectivity index (χ0) is 21.5. The van der Waals surface area contributed by atoms with Crippen LogP contribution in [0.5, 0.6) is 0 Å². The number of esters is 1. The normalized spacial score (nSPS) is 15.6. The van der Waals surface area contributed by atoms with E-state index in [-0.39, 0.29) is 23.3 Å². The third-order valence-electron chi connectivity index (χ3n) is 5.16.